The summed E-state index contributed by atoms with van der Waals surface area (Å²) in [5, 5.41) is 0. The molecule has 0 bridgehead atoms. The Morgan fingerprint density at radius 2 is 1.29 bits per heavy atom. The molecule has 4 unspecified atom stereocenters. The van der Waals surface area contributed by atoms with Crippen LogP contribution in [-0.2, 0) is 9.47 Å². The van der Waals surface area contributed by atoms with Gasteiger partial charge in [-0.25, -0.2) is 0 Å². The largest absolute Gasteiger partial charge is 0.376 e. The summed E-state index contributed by atoms with van der Waals surface area (Å²) >= 11 is 0. The Morgan fingerprint density at radius 1 is 0.710 bits per heavy atom. The van der Waals surface area contributed by atoms with Crippen molar-refractivity contribution in [3.05, 3.63) is 0 Å². The van der Waals surface area contributed by atoms with Crippen molar-refractivity contribution in [1.82, 2.24) is 0 Å². The van der Waals surface area contributed by atoms with Crippen molar-refractivity contribution in [2.45, 2.75) is 154 Å². The minimum Gasteiger partial charge on any atom is -0.376 e. The van der Waals surface area contributed by atoms with Crippen molar-refractivity contribution < 1.29 is 9.47 Å². The summed E-state index contributed by atoms with van der Waals surface area (Å²) in [5.41, 5.74) is 2.20. The van der Waals surface area contributed by atoms with Crippen LogP contribution in [0.1, 0.15) is 119 Å². The van der Waals surface area contributed by atoms with Crippen LogP contribution in [0.25, 0.3) is 0 Å². The SMILES string of the molecule is CC(C)(C)OCCCCC1CCC([Si](C)(C)C2CCCC2CCCCOC(C)(C)C)C1. The summed E-state index contributed by atoms with van der Waals surface area (Å²) in [6.45, 7) is 20.4. The van der Waals surface area contributed by atoms with Crippen LogP contribution in [0.15, 0.2) is 0 Å². The van der Waals surface area contributed by atoms with Gasteiger partial charge in [0.25, 0.3) is 0 Å². The van der Waals surface area contributed by atoms with E-state index in [9.17, 15) is 0 Å². The molecule has 2 aliphatic carbocycles. The number of rotatable bonds is 12. The van der Waals surface area contributed by atoms with Crippen molar-refractivity contribution in [2.75, 3.05) is 13.2 Å². The van der Waals surface area contributed by atoms with Crippen molar-refractivity contribution in [3.8, 4) is 0 Å². The standard InChI is InChI=1S/C28H56O2Si/c1-27(2,3)29-20-11-9-14-23-18-19-25(22-23)31(7,8)26-17-13-16-24(26)15-10-12-21-30-28(4,5)6/h23-26H,9-22H2,1-8H3. The van der Waals surface area contributed by atoms with E-state index in [4.69, 9.17) is 9.47 Å². The summed E-state index contributed by atoms with van der Waals surface area (Å²) in [5.74, 6) is 2.02. The Bertz CT molecular complexity index is 502. The van der Waals surface area contributed by atoms with E-state index >= 15 is 0 Å². The molecular weight excluding hydrogens is 396 g/mol. The first-order valence-corrected chi connectivity index (χ1v) is 16.8. The van der Waals surface area contributed by atoms with Gasteiger partial charge in [-0.2, -0.15) is 0 Å². The Morgan fingerprint density at radius 3 is 1.87 bits per heavy atom. The average molecular weight is 453 g/mol. The highest BCUT2D eigenvalue weighted by Gasteiger charge is 2.46. The van der Waals surface area contributed by atoms with Crippen LogP contribution in [-0.4, -0.2) is 32.5 Å². The Balaban J connectivity index is 1.71. The van der Waals surface area contributed by atoms with Gasteiger partial charge in [0.15, 0.2) is 0 Å². The molecule has 2 rings (SSSR count). The second-order valence-electron chi connectivity index (χ2n) is 13.4. The lowest BCUT2D eigenvalue weighted by molar-refractivity contribution is -0.00539. The number of hydrogen-bond acceptors (Lipinski definition) is 2. The van der Waals surface area contributed by atoms with E-state index < -0.39 is 8.07 Å². The van der Waals surface area contributed by atoms with E-state index in [0.717, 1.165) is 36.1 Å². The quantitative estimate of drug-likeness (QED) is 0.217. The van der Waals surface area contributed by atoms with Crippen molar-refractivity contribution in [2.24, 2.45) is 11.8 Å². The predicted octanol–water partition coefficient (Wildman–Crippen LogP) is 9.01. The average Bonchev–Trinajstić information content (AvgIpc) is 3.29. The van der Waals surface area contributed by atoms with Gasteiger partial charge in [0.2, 0.25) is 0 Å². The van der Waals surface area contributed by atoms with Gasteiger partial charge in [0.1, 0.15) is 0 Å². The molecule has 2 fully saturated rings. The van der Waals surface area contributed by atoms with E-state index in [-0.39, 0.29) is 11.2 Å². The fraction of sp³-hybridized carbons (Fsp3) is 1.00. The Labute approximate surface area is 196 Å². The summed E-state index contributed by atoms with van der Waals surface area (Å²) < 4.78 is 11.9. The predicted molar refractivity (Wildman–Crippen MR) is 139 cm³/mol. The molecule has 184 valence electrons. The molecule has 0 aromatic carbocycles. The first-order chi connectivity index (χ1) is 14.4. The molecule has 0 aromatic rings. The number of unbranched alkanes of at least 4 members (excludes halogenated alkanes) is 2. The molecule has 4 atom stereocenters. The minimum absolute atomic E-state index is 0.0173. The highest BCUT2D eigenvalue weighted by atomic mass is 28.3. The first-order valence-electron chi connectivity index (χ1n) is 13.7. The monoisotopic (exact) mass is 452 g/mol. The van der Waals surface area contributed by atoms with Gasteiger partial charge in [0, 0.05) is 13.2 Å². The zero-order valence-electron chi connectivity index (χ0n) is 22.5. The highest BCUT2D eigenvalue weighted by molar-refractivity contribution is 6.80. The fourth-order valence-corrected chi connectivity index (χ4v) is 11.4. The molecular formula is C28H56O2Si. The lowest BCUT2D eigenvalue weighted by Gasteiger charge is -2.39. The van der Waals surface area contributed by atoms with Crippen LogP contribution in [0.4, 0.5) is 0 Å². The lowest BCUT2D eigenvalue weighted by atomic mass is 10.00. The lowest BCUT2D eigenvalue weighted by Crippen LogP contribution is -2.39. The molecule has 0 amide bonds. The van der Waals surface area contributed by atoms with Gasteiger partial charge in [-0.15, -0.1) is 0 Å². The van der Waals surface area contributed by atoms with E-state index in [1.807, 2.05) is 0 Å². The maximum Gasteiger partial charge on any atom is 0.0598 e. The van der Waals surface area contributed by atoms with Crippen LogP contribution >= 0.6 is 0 Å². The molecule has 2 saturated carbocycles. The first kappa shape index (κ1) is 27.4. The highest BCUT2D eigenvalue weighted by Crippen LogP contribution is 2.54. The van der Waals surface area contributed by atoms with E-state index in [1.54, 1.807) is 6.42 Å². The third-order valence-corrected chi connectivity index (χ3v) is 13.6. The summed E-state index contributed by atoms with van der Waals surface area (Å²) in [6.07, 6.45) is 17.2. The van der Waals surface area contributed by atoms with Gasteiger partial charge < -0.3 is 9.47 Å². The molecule has 0 aromatic heterocycles. The van der Waals surface area contributed by atoms with Crippen LogP contribution in [0.2, 0.25) is 24.2 Å². The van der Waals surface area contributed by atoms with Crippen molar-refractivity contribution in [1.29, 1.82) is 0 Å². The van der Waals surface area contributed by atoms with Crippen LogP contribution in [0.5, 0.6) is 0 Å². The van der Waals surface area contributed by atoms with E-state index in [1.165, 1.54) is 70.6 Å². The number of ether oxygens (including phenoxy) is 2. The molecule has 0 saturated heterocycles. The number of hydrogen-bond donors (Lipinski definition) is 0. The normalized spacial score (nSPS) is 27.9. The van der Waals surface area contributed by atoms with Crippen molar-refractivity contribution in [3.63, 3.8) is 0 Å². The Hall–Kier alpha value is 0.137. The second kappa shape index (κ2) is 12.0. The Kier molecular flexibility index (Phi) is 10.6. The molecule has 0 radical (unpaired) electrons. The molecule has 0 aliphatic heterocycles. The van der Waals surface area contributed by atoms with Crippen LogP contribution in [0.3, 0.4) is 0 Å². The van der Waals surface area contributed by atoms with Crippen molar-refractivity contribution >= 4 is 8.07 Å². The third-order valence-electron chi connectivity index (χ3n) is 8.25. The molecule has 2 nitrogen and oxygen atoms in total. The zero-order valence-corrected chi connectivity index (χ0v) is 23.5. The van der Waals surface area contributed by atoms with Gasteiger partial charge in [-0.1, -0.05) is 70.9 Å². The molecule has 0 N–H and O–H groups in total. The van der Waals surface area contributed by atoms with Gasteiger partial charge in [-0.05, 0) is 83.7 Å². The minimum atomic E-state index is -1.18. The molecule has 31 heavy (non-hydrogen) atoms. The molecule has 2 aliphatic rings. The smallest absolute Gasteiger partial charge is 0.0598 e. The molecule has 0 spiro atoms. The second-order valence-corrected chi connectivity index (χ2v) is 18.6. The summed E-state index contributed by atoms with van der Waals surface area (Å²) in [7, 11) is -1.18. The summed E-state index contributed by atoms with van der Waals surface area (Å²) in [6, 6.07) is 0. The third kappa shape index (κ3) is 9.88. The van der Waals surface area contributed by atoms with Crippen LogP contribution < -0.4 is 0 Å². The van der Waals surface area contributed by atoms with Gasteiger partial charge in [-0.3, -0.25) is 0 Å². The molecule has 3 heteroatoms. The zero-order chi connectivity index (χ0) is 23.1. The van der Waals surface area contributed by atoms with E-state index in [2.05, 4.69) is 54.6 Å². The van der Waals surface area contributed by atoms with E-state index in [0.29, 0.717) is 0 Å². The topological polar surface area (TPSA) is 18.5 Å². The molecule has 0 heterocycles. The fourth-order valence-electron chi connectivity index (χ4n) is 6.48. The summed E-state index contributed by atoms with van der Waals surface area (Å²) in [4.78, 5) is 0. The van der Waals surface area contributed by atoms with Gasteiger partial charge in [0.05, 0.1) is 19.3 Å². The maximum absolute atomic E-state index is 5.95. The maximum atomic E-state index is 5.95. The van der Waals surface area contributed by atoms with Gasteiger partial charge >= 0.3 is 0 Å². The van der Waals surface area contributed by atoms with Crippen LogP contribution in [0, 0.1) is 11.8 Å².